The summed E-state index contributed by atoms with van der Waals surface area (Å²) in [6, 6.07) is 19.2. The molecule has 6 nitrogen and oxygen atoms in total. The normalized spacial score (nSPS) is 11.0. The number of hydrogen-bond donors (Lipinski definition) is 1. The minimum Gasteiger partial charge on any atom is -0.451 e. The Balaban J connectivity index is 1.31. The van der Waals surface area contributed by atoms with Gasteiger partial charge in [0.15, 0.2) is 17.0 Å². The topological polar surface area (TPSA) is 81.2 Å². The van der Waals surface area contributed by atoms with Gasteiger partial charge in [0.2, 0.25) is 5.89 Å². The number of hydrogen-bond acceptors (Lipinski definition) is 5. The molecule has 8 heteroatoms. The second kappa shape index (κ2) is 7.91. The number of carbonyl (C=O) groups excluding carboxylic acids is 1. The molecular formula is C23H13Cl2N3O3. The number of anilines is 1. The summed E-state index contributed by atoms with van der Waals surface area (Å²) in [6.45, 7) is 0. The predicted molar refractivity (Wildman–Crippen MR) is 119 cm³/mol. The first-order valence-corrected chi connectivity index (χ1v) is 10.0. The third-order valence-corrected chi connectivity index (χ3v) is 5.33. The van der Waals surface area contributed by atoms with Crippen molar-refractivity contribution in [3.63, 3.8) is 0 Å². The van der Waals surface area contributed by atoms with E-state index in [-0.39, 0.29) is 11.7 Å². The van der Waals surface area contributed by atoms with Crippen LogP contribution in [0.3, 0.4) is 0 Å². The first-order chi connectivity index (χ1) is 15.1. The van der Waals surface area contributed by atoms with E-state index in [1.807, 2.05) is 18.2 Å². The number of fused-ring (bicyclic) bond motifs is 1. The van der Waals surface area contributed by atoms with Gasteiger partial charge in [0.05, 0.1) is 10.0 Å². The third kappa shape index (κ3) is 3.91. The second-order valence-corrected chi connectivity index (χ2v) is 7.48. The zero-order valence-electron chi connectivity index (χ0n) is 15.8. The number of aromatic nitrogens is 2. The number of benzene rings is 2. The average Bonchev–Trinajstić information content (AvgIpc) is 3.44. The highest BCUT2D eigenvalue weighted by molar-refractivity contribution is 6.42. The summed E-state index contributed by atoms with van der Waals surface area (Å²) in [7, 11) is 0. The highest BCUT2D eigenvalue weighted by atomic mass is 35.5. The molecule has 1 N–H and O–H groups in total. The quantitative estimate of drug-likeness (QED) is 0.329. The summed E-state index contributed by atoms with van der Waals surface area (Å²) < 4.78 is 11.4. The Kier molecular flexibility index (Phi) is 4.94. The maximum atomic E-state index is 12.6. The molecule has 3 aromatic heterocycles. The molecule has 0 unspecified atom stereocenters. The number of nitrogens with one attached hydrogen (secondary N) is 1. The lowest BCUT2D eigenvalue weighted by Crippen LogP contribution is -2.10. The molecule has 0 saturated carbocycles. The van der Waals surface area contributed by atoms with E-state index >= 15 is 0 Å². The van der Waals surface area contributed by atoms with Crippen LogP contribution in [0.1, 0.15) is 10.6 Å². The van der Waals surface area contributed by atoms with E-state index in [0.717, 1.165) is 11.1 Å². The number of nitrogens with zero attached hydrogens (tertiary/aromatic N) is 2. The molecule has 0 saturated heterocycles. The lowest BCUT2D eigenvalue weighted by Gasteiger charge is -2.04. The van der Waals surface area contributed by atoms with Crippen molar-refractivity contribution in [3.05, 3.63) is 88.7 Å². The standard InChI is InChI=1S/C23H13Cl2N3O3/c24-16-8-5-14(12-17(16)25)18-9-10-20(30-18)22(29)27-15-6-3-13(4-7-15)23-28-21-19(31-23)2-1-11-26-21/h1-12H,(H,27,29). The van der Waals surface area contributed by atoms with E-state index in [9.17, 15) is 4.79 Å². The van der Waals surface area contributed by atoms with Crippen LogP contribution in [0.2, 0.25) is 10.0 Å². The van der Waals surface area contributed by atoms with Gasteiger partial charge in [0, 0.05) is 23.0 Å². The summed E-state index contributed by atoms with van der Waals surface area (Å²) in [5.41, 5.74) is 3.27. The first kappa shape index (κ1) is 19.4. The Morgan fingerprint density at radius 2 is 1.68 bits per heavy atom. The van der Waals surface area contributed by atoms with Gasteiger partial charge in [-0.3, -0.25) is 4.79 Å². The highest BCUT2D eigenvalue weighted by Gasteiger charge is 2.14. The van der Waals surface area contributed by atoms with E-state index in [1.165, 1.54) is 0 Å². The molecule has 0 aliphatic carbocycles. The minimum absolute atomic E-state index is 0.176. The fourth-order valence-electron chi connectivity index (χ4n) is 3.05. The van der Waals surface area contributed by atoms with Crippen LogP contribution in [0.25, 0.3) is 34.0 Å². The van der Waals surface area contributed by atoms with Crippen LogP contribution >= 0.6 is 23.2 Å². The fraction of sp³-hybridized carbons (Fsp3) is 0. The number of furan rings is 1. The number of halogens is 2. The Morgan fingerprint density at radius 3 is 2.45 bits per heavy atom. The molecule has 5 aromatic rings. The van der Waals surface area contributed by atoms with E-state index in [0.29, 0.717) is 38.6 Å². The Labute approximate surface area is 186 Å². The molecular weight excluding hydrogens is 437 g/mol. The molecule has 0 bridgehead atoms. The highest BCUT2D eigenvalue weighted by Crippen LogP contribution is 2.30. The number of pyridine rings is 1. The molecule has 0 aliphatic heterocycles. The summed E-state index contributed by atoms with van der Waals surface area (Å²) in [4.78, 5) is 21.1. The molecule has 31 heavy (non-hydrogen) atoms. The zero-order valence-corrected chi connectivity index (χ0v) is 17.3. The van der Waals surface area contributed by atoms with Gasteiger partial charge in [-0.15, -0.1) is 0 Å². The SMILES string of the molecule is O=C(Nc1ccc(-c2nc3ncccc3o2)cc1)c1ccc(-c2ccc(Cl)c(Cl)c2)o1. The average molecular weight is 450 g/mol. The third-order valence-electron chi connectivity index (χ3n) is 4.59. The van der Waals surface area contributed by atoms with E-state index in [1.54, 1.807) is 54.7 Å². The van der Waals surface area contributed by atoms with Gasteiger partial charge in [0.25, 0.3) is 5.91 Å². The molecule has 0 aliphatic rings. The van der Waals surface area contributed by atoms with Gasteiger partial charge < -0.3 is 14.2 Å². The van der Waals surface area contributed by atoms with Gasteiger partial charge >= 0.3 is 0 Å². The molecule has 0 spiro atoms. The van der Waals surface area contributed by atoms with E-state index in [4.69, 9.17) is 32.0 Å². The van der Waals surface area contributed by atoms with Gasteiger partial charge in [-0.25, -0.2) is 4.98 Å². The van der Waals surface area contributed by atoms with Gasteiger partial charge in [-0.2, -0.15) is 4.98 Å². The number of carbonyl (C=O) groups is 1. The lowest BCUT2D eigenvalue weighted by atomic mass is 10.2. The van der Waals surface area contributed by atoms with Crippen LogP contribution in [-0.4, -0.2) is 15.9 Å². The minimum atomic E-state index is -0.370. The van der Waals surface area contributed by atoms with Gasteiger partial charge in [-0.05, 0) is 66.7 Å². The molecule has 152 valence electrons. The predicted octanol–water partition coefficient (Wildman–Crippen LogP) is 6.71. The monoisotopic (exact) mass is 449 g/mol. The molecule has 2 aromatic carbocycles. The number of oxazole rings is 1. The maximum Gasteiger partial charge on any atom is 0.291 e. The van der Waals surface area contributed by atoms with Gasteiger partial charge in [0.1, 0.15) is 5.76 Å². The summed E-state index contributed by atoms with van der Waals surface area (Å²) in [5, 5.41) is 3.67. The Bertz CT molecular complexity index is 1370. The van der Waals surface area contributed by atoms with Crippen LogP contribution < -0.4 is 5.32 Å². The van der Waals surface area contributed by atoms with Crippen molar-refractivity contribution in [2.75, 3.05) is 5.32 Å². The Hall–Kier alpha value is -3.61. The van der Waals surface area contributed by atoms with Crippen molar-refractivity contribution >= 4 is 46.0 Å². The molecule has 3 heterocycles. The maximum absolute atomic E-state index is 12.6. The lowest BCUT2D eigenvalue weighted by molar-refractivity contribution is 0.0997. The molecule has 1 amide bonds. The van der Waals surface area contributed by atoms with Crippen LogP contribution in [0.15, 0.2) is 81.8 Å². The van der Waals surface area contributed by atoms with E-state index < -0.39 is 0 Å². The largest absolute Gasteiger partial charge is 0.451 e. The van der Waals surface area contributed by atoms with Crippen LogP contribution in [0.5, 0.6) is 0 Å². The molecule has 0 atom stereocenters. The molecule has 5 rings (SSSR count). The van der Waals surface area contributed by atoms with Crippen molar-refractivity contribution in [2.45, 2.75) is 0 Å². The first-order valence-electron chi connectivity index (χ1n) is 9.25. The summed E-state index contributed by atoms with van der Waals surface area (Å²) in [5.74, 6) is 0.785. The molecule has 0 fully saturated rings. The molecule has 0 radical (unpaired) electrons. The van der Waals surface area contributed by atoms with Crippen molar-refractivity contribution < 1.29 is 13.6 Å². The van der Waals surface area contributed by atoms with Crippen molar-refractivity contribution in [2.24, 2.45) is 0 Å². The zero-order chi connectivity index (χ0) is 21.4. The summed E-state index contributed by atoms with van der Waals surface area (Å²) in [6.07, 6.45) is 1.66. The van der Waals surface area contributed by atoms with Gasteiger partial charge in [-0.1, -0.05) is 23.2 Å². The smallest absolute Gasteiger partial charge is 0.291 e. The van der Waals surface area contributed by atoms with Crippen molar-refractivity contribution in [3.8, 4) is 22.8 Å². The second-order valence-electron chi connectivity index (χ2n) is 6.67. The van der Waals surface area contributed by atoms with Crippen LogP contribution in [-0.2, 0) is 0 Å². The van der Waals surface area contributed by atoms with Crippen molar-refractivity contribution in [1.82, 2.24) is 9.97 Å². The van der Waals surface area contributed by atoms with Crippen molar-refractivity contribution in [1.29, 1.82) is 0 Å². The number of rotatable bonds is 4. The fourth-order valence-corrected chi connectivity index (χ4v) is 3.34. The summed E-state index contributed by atoms with van der Waals surface area (Å²) >= 11 is 12.0. The van der Waals surface area contributed by atoms with Crippen LogP contribution in [0, 0.1) is 0 Å². The number of amides is 1. The van der Waals surface area contributed by atoms with Crippen LogP contribution in [0.4, 0.5) is 5.69 Å². The van der Waals surface area contributed by atoms with E-state index in [2.05, 4.69) is 15.3 Å². The Morgan fingerprint density at radius 1 is 0.871 bits per heavy atom.